The number of anilines is 1. The number of hydrogen-bond donors (Lipinski definition) is 1. The highest BCUT2D eigenvalue weighted by Crippen LogP contribution is 2.37. The third-order valence-corrected chi connectivity index (χ3v) is 3.05. The summed E-state index contributed by atoms with van der Waals surface area (Å²) in [5.74, 6) is 3.39. The minimum absolute atomic E-state index is 0.246. The quantitative estimate of drug-likeness (QED) is 0.923. The van der Waals surface area contributed by atoms with E-state index in [0.717, 1.165) is 23.6 Å². The Balaban J connectivity index is 1.91. The summed E-state index contributed by atoms with van der Waals surface area (Å²) in [6.07, 6.45) is 2.25. The van der Waals surface area contributed by atoms with Gasteiger partial charge >= 0.3 is 0 Å². The van der Waals surface area contributed by atoms with Crippen LogP contribution in [0.2, 0.25) is 0 Å². The Morgan fingerprint density at radius 3 is 2.90 bits per heavy atom. The van der Waals surface area contributed by atoms with Gasteiger partial charge in [-0.05, 0) is 18.6 Å². The number of fused-ring (bicyclic) bond motifs is 1. The summed E-state index contributed by atoms with van der Waals surface area (Å²) in [5, 5.41) is 3.04. The average molecular weight is 273 g/mol. The van der Waals surface area contributed by atoms with Crippen LogP contribution >= 0.6 is 0 Å². The summed E-state index contributed by atoms with van der Waals surface area (Å²) < 4.78 is 16.4. The number of aromatic nitrogens is 2. The van der Waals surface area contributed by atoms with Gasteiger partial charge in [-0.2, -0.15) is 0 Å². The summed E-state index contributed by atoms with van der Waals surface area (Å²) in [6, 6.07) is 5.44. The zero-order valence-electron chi connectivity index (χ0n) is 11.3. The molecule has 0 radical (unpaired) electrons. The van der Waals surface area contributed by atoms with Gasteiger partial charge in [0.15, 0.2) is 11.5 Å². The first-order valence-electron chi connectivity index (χ1n) is 6.41. The van der Waals surface area contributed by atoms with E-state index in [-0.39, 0.29) is 6.79 Å². The van der Waals surface area contributed by atoms with Crippen LogP contribution in [0.15, 0.2) is 24.5 Å². The van der Waals surface area contributed by atoms with Crippen molar-refractivity contribution in [3.05, 3.63) is 30.1 Å². The Hall–Kier alpha value is -2.50. The third kappa shape index (κ3) is 2.20. The molecule has 0 amide bonds. The van der Waals surface area contributed by atoms with Gasteiger partial charge < -0.3 is 19.5 Å². The summed E-state index contributed by atoms with van der Waals surface area (Å²) in [7, 11) is 1.83. The van der Waals surface area contributed by atoms with Crippen molar-refractivity contribution >= 4 is 5.82 Å². The molecule has 0 aliphatic carbocycles. The van der Waals surface area contributed by atoms with Crippen molar-refractivity contribution in [1.82, 2.24) is 9.97 Å². The average Bonchev–Trinajstić information content (AvgIpc) is 2.94. The van der Waals surface area contributed by atoms with E-state index < -0.39 is 0 Å². The molecule has 3 rings (SSSR count). The lowest BCUT2D eigenvalue weighted by molar-refractivity contribution is 0.174. The smallest absolute Gasteiger partial charge is 0.231 e. The molecule has 104 valence electrons. The topological polar surface area (TPSA) is 65.5 Å². The van der Waals surface area contributed by atoms with E-state index in [9.17, 15) is 0 Å². The molecule has 0 atom stereocenters. The number of nitrogens with one attached hydrogen (secondary N) is 1. The summed E-state index contributed by atoms with van der Waals surface area (Å²) in [4.78, 5) is 8.38. The van der Waals surface area contributed by atoms with Gasteiger partial charge in [0.2, 0.25) is 12.7 Å². The fourth-order valence-corrected chi connectivity index (χ4v) is 2.07. The van der Waals surface area contributed by atoms with Crippen LogP contribution in [0.25, 0.3) is 0 Å². The van der Waals surface area contributed by atoms with Crippen molar-refractivity contribution < 1.29 is 14.2 Å². The predicted octanol–water partition coefficient (Wildman–Crippen LogP) is 2.60. The molecule has 0 spiro atoms. The molecule has 6 heteroatoms. The Bertz CT molecular complexity index is 631. The first kappa shape index (κ1) is 12.5. The van der Waals surface area contributed by atoms with Crippen LogP contribution in [0.4, 0.5) is 5.82 Å². The van der Waals surface area contributed by atoms with Gasteiger partial charge in [-0.25, -0.2) is 9.97 Å². The zero-order valence-corrected chi connectivity index (χ0v) is 11.3. The lowest BCUT2D eigenvalue weighted by atomic mass is 10.2. The van der Waals surface area contributed by atoms with E-state index in [1.807, 2.05) is 26.1 Å². The monoisotopic (exact) mass is 273 g/mol. The second-order valence-corrected chi connectivity index (χ2v) is 4.23. The number of nitrogens with zero attached hydrogens (tertiary/aromatic N) is 2. The van der Waals surface area contributed by atoms with Crippen LogP contribution in [0.3, 0.4) is 0 Å². The second-order valence-electron chi connectivity index (χ2n) is 4.23. The van der Waals surface area contributed by atoms with Gasteiger partial charge in [-0.1, -0.05) is 6.92 Å². The minimum atomic E-state index is 0.246. The number of ether oxygens (including phenoxy) is 3. The molecule has 1 aliphatic heterocycles. The Labute approximate surface area is 116 Å². The van der Waals surface area contributed by atoms with Crippen LogP contribution in [0, 0.1) is 0 Å². The normalized spacial score (nSPS) is 12.3. The summed E-state index contributed by atoms with van der Waals surface area (Å²) >= 11 is 0. The first-order chi connectivity index (χ1) is 9.81. The fraction of sp³-hybridized carbons (Fsp3) is 0.286. The van der Waals surface area contributed by atoms with Gasteiger partial charge in [-0.3, -0.25) is 0 Å². The predicted molar refractivity (Wildman–Crippen MR) is 73.6 cm³/mol. The summed E-state index contributed by atoms with van der Waals surface area (Å²) in [6.45, 7) is 2.28. The van der Waals surface area contributed by atoms with E-state index in [1.54, 1.807) is 6.07 Å². The summed E-state index contributed by atoms with van der Waals surface area (Å²) in [5.41, 5.74) is 0.938. The number of benzene rings is 1. The maximum atomic E-state index is 5.84. The van der Waals surface area contributed by atoms with Crippen molar-refractivity contribution in [3.8, 4) is 23.1 Å². The maximum absolute atomic E-state index is 5.84. The highest BCUT2D eigenvalue weighted by Gasteiger charge is 2.16. The van der Waals surface area contributed by atoms with Crippen LogP contribution in [-0.4, -0.2) is 23.8 Å². The van der Waals surface area contributed by atoms with Crippen molar-refractivity contribution in [1.29, 1.82) is 0 Å². The van der Waals surface area contributed by atoms with Crippen LogP contribution < -0.4 is 19.5 Å². The largest absolute Gasteiger partial charge is 0.454 e. The van der Waals surface area contributed by atoms with Crippen molar-refractivity contribution in [3.63, 3.8) is 0 Å². The fourth-order valence-electron chi connectivity index (χ4n) is 2.07. The molecule has 1 aromatic heterocycles. The van der Waals surface area contributed by atoms with E-state index in [0.29, 0.717) is 17.4 Å². The Morgan fingerprint density at radius 1 is 1.25 bits per heavy atom. The van der Waals surface area contributed by atoms with Gasteiger partial charge in [0.05, 0.1) is 5.56 Å². The molecule has 1 aromatic carbocycles. The molecule has 2 aromatic rings. The van der Waals surface area contributed by atoms with Crippen molar-refractivity contribution in [2.75, 3.05) is 19.2 Å². The van der Waals surface area contributed by atoms with Gasteiger partial charge in [0, 0.05) is 13.1 Å². The zero-order chi connectivity index (χ0) is 13.9. The SMILES string of the molecule is CCc1c(NC)ncnc1Oc1ccc2c(c1)OCO2. The van der Waals surface area contributed by atoms with Crippen LogP contribution in [0.1, 0.15) is 12.5 Å². The molecule has 0 unspecified atom stereocenters. The van der Waals surface area contributed by atoms with Gasteiger partial charge in [-0.15, -0.1) is 0 Å². The van der Waals surface area contributed by atoms with E-state index in [4.69, 9.17) is 14.2 Å². The lowest BCUT2D eigenvalue weighted by Gasteiger charge is -2.12. The minimum Gasteiger partial charge on any atom is -0.454 e. The third-order valence-electron chi connectivity index (χ3n) is 3.05. The lowest BCUT2D eigenvalue weighted by Crippen LogP contribution is -2.02. The second kappa shape index (κ2) is 5.24. The van der Waals surface area contributed by atoms with E-state index >= 15 is 0 Å². The van der Waals surface area contributed by atoms with E-state index in [2.05, 4.69) is 15.3 Å². The maximum Gasteiger partial charge on any atom is 0.231 e. The number of hydrogen-bond acceptors (Lipinski definition) is 6. The molecule has 0 fully saturated rings. The van der Waals surface area contributed by atoms with Crippen molar-refractivity contribution in [2.45, 2.75) is 13.3 Å². The molecule has 0 saturated carbocycles. The molecule has 0 bridgehead atoms. The van der Waals surface area contributed by atoms with Crippen molar-refractivity contribution in [2.24, 2.45) is 0 Å². The van der Waals surface area contributed by atoms with E-state index in [1.165, 1.54) is 6.33 Å². The molecular formula is C14H15N3O3. The van der Waals surface area contributed by atoms with Crippen LogP contribution in [0.5, 0.6) is 23.1 Å². The molecular weight excluding hydrogens is 258 g/mol. The highest BCUT2D eigenvalue weighted by molar-refractivity contribution is 5.51. The molecule has 6 nitrogen and oxygen atoms in total. The number of rotatable bonds is 4. The molecule has 2 heterocycles. The first-order valence-corrected chi connectivity index (χ1v) is 6.41. The van der Waals surface area contributed by atoms with Gasteiger partial charge in [0.25, 0.3) is 0 Å². The Morgan fingerprint density at radius 2 is 2.10 bits per heavy atom. The molecule has 1 N–H and O–H groups in total. The Kier molecular flexibility index (Phi) is 3.28. The molecule has 20 heavy (non-hydrogen) atoms. The standard InChI is InChI=1S/C14H15N3O3/c1-3-10-13(15-2)16-7-17-14(10)20-9-4-5-11-12(6-9)19-8-18-11/h4-7H,3,8H2,1-2H3,(H,15,16,17). The molecule has 1 aliphatic rings. The molecule has 0 saturated heterocycles. The van der Waals surface area contributed by atoms with Crippen LogP contribution in [-0.2, 0) is 6.42 Å². The highest BCUT2D eigenvalue weighted by atomic mass is 16.7. The van der Waals surface area contributed by atoms with Gasteiger partial charge in [0.1, 0.15) is 17.9 Å².